The first-order chi connectivity index (χ1) is 40.6. The second-order valence-electron chi connectivity index (χ2n) is 25.9. The number of fused-ring (bicyclic) bond motifs is 22. The van der Waals surface area contributed by atoms with Crippen LogP contribution in [0.15, 0.2) is 206 Å². The van der Waals surface area contributed by atoms with E-state index >= 15 is 0 Å². The smallest absolute Gasteiger partial charge is 0.132 e. The molecule has 4 nitrogen and oxygen atoms in total. The van der Waals surface area contributed by atoms with Crippen molar-refractivity contribution in [3.05, 3.63) is 306 Å². The topological polar surface area (TPSA) is 24.9 Å². The number of hydrogen-bond acceptors (Lipinski definition) is 4. The van der Waals surface area contributed by atoms with Crippen molar-refractivity contribution in [2.45, 2.75) is 90.9 Å². The highest BCUT2D eigenvalue weighted by Gasteiger charge is 2.55. The second-order valence-corrected chi connectivity index (χ2v) is 25.9. The number of benzene rings is 11. The van der Waals surface area contributed by atoms with Crippen LogP contribution in [0, 0.1) is 41.5 Å². The van der Waals surface area contributed by atoms with Crippen molar-refractivity contribution in [1.29, 1.82) is 0 Å². The Kier molecular flexibility index (Phi) is 9.77. The molecular weight excluding hydrogens is 1020 g/mol. The molecule has 4 heterocycles. The summed E-state index contributed by atoms with van der Waals surface area (Å²) in [6, 6.07) is 78.5. The van der Waals surface area contributed by atoms with Gasteiger partial charge in [-0.2, -0.15) is 0 Å². The maximum Gasteiger partial charge on any atom is 0.132 e. The molecule has 0 radical (unpaired) electrons. The number of hydrogen-bond donors (Lipinski definition) is 0. The molecule has 2 spiro atoms. The Balaban J connectivity index is 0.951. The number of aryl methyl sites for hydroxylation is 6. The average molecular weight is 1090 g/mol. The van der Waals surface area contributed by atoms with Crippen LogP contribution in [0.5, 0.6) is 23.0 Å². The van der Waals surface area contributed by atoms with E-state index in [1.807, 2.05) is 0 Å². The highest BCUT2D eigenvalue weighted by atomic mass is 16.5. The summed E-state index contributed by atoms with van der Waals surface area (Å²) in [5.74, 6) is 3.55. The first kappa shape index (κ1) is 49.2. The van der Waals surface area contributed by atoms with E-state index < -0.39 is 10.8 Å². The zero-order valence-corrected chi connectivity index (χ0v) is 49.3. The molecule has 4 aliphatic heterocycles. The van der Waals surface area contributed by atoms with Crippen molar-refractivity contribution in [3.8, 4) is 45.3 Å². The minimum Gasteiger partial charge on any atom is -0.457 e. The lowest BCUT2D eigenvalue weighted by molar-refractivity contribution is 0.433. The van der Waals surface area contributed by atoms with Crippen LogP contribution in [0.3, 0.4) is 0 Å². The zero-order valence-electron chi connectivity index (χ0n) is 49.3. The Labute approximate surface area is 493 Å². The van der Waals surface area contributed by atoms with E-state index in [1.54, 1.807) is 0 Å². The van der Waals surface area contributed by atoms with Crippen LogP contribution in [0.1, 0.15) is 128 Å². The van der Waals surface area contributed by atoms with Crippen LogP contribution in [0.4, 0.5) is 34.1 Å². The molecule has 0 fully saturated rings. The van der Waals surface area contributed by atoms with Gasteiger partial charge in [-0.25, -0.2) is 0 Å². The second kappa shape index (κ2) is 16.7. The molecule has 0 saturated carbocycles. The van der Waals surface area contributed by atoms with Crippen LogP contribution in [-0.4, -0.2) is 0 Å². The van der Waals surface area contributed by atoms with Crippen molar-refractivity contribution in [3.63, 3.8) is 0 Å². The van der Waals surface area contributed by atoms with Crippen molar-refractivity contribution in [2.75, 3.05) is 9.80 Å². The molecule has 84 heavy (non-hydrogen) atoms. The van der Waals surface area contributed by atoms with Crippen LogP contribution in [0.2, 0.25) is 0 Å². The highest BCUT2D eigenvalue weighted by molar-refractivity contribution is 6.00. The molecule has 0 unspecified atom stereocenters. The van der Waals surface area contributed by atoms with Gasteiger partial charge in [0.2, 0.25) is 0 Å². The predicted molar refractivity (Wildman–Crippen MR) is 343 cm³/mol. The molecule has 17 rings (SSSR count). The van der Waals surface area contributed by atoms with Crippen molar-refractivity contribution in [2.24, 2.45) is 0 Å². The van der Waals surface area contributed by atoms with Crippen molar-refractivity contribution in [1.82, 2.24) is 0 Å². The molecular formula is C80H64N2O2. The quantitative estimate of drug-likeness (QED) is 0.172. The summed E-state index contributed by atoms with van der Waals surface area (Å²) in [6.07, 6.45) is 0. The van der Waals surface area contributed by atoms with Gasteiger partial charge in [0.1, 0.15) is 23.0 Å². The fourth-order valence-electron chi connectivity index (χ4n) is 17.2. The Bertz CT molecular complexity index is 4340. The molecule has 406 valence electrons. The molecule has 0 amide bonds. The first-order valence-corrected chi connectivity index (χ1v) is 29.9. The molecule has 0 bridgehead atoms. The molecule has 11 aromatic rings. The summed E-state index contributed by atoms with van der Waals surface area (Å²) in [5.41, 5.74) is 32.8. The summed E-state index contributed by atoms with van der Waals surface area (Å²) in [6.45, 7) is 23.4. The number of ether oxygens (including phenoxy) is 2. The third kappa shape index (κ3) is 6.03. The van der Waals surface area contributed by atoms with Gasteiger partial charge in [0.05, 0.1) is 45.0 Å². The molecule has 11 aromatic carbocycles. The first-order valence-electron chi connectivity index (χ1n) is 29.9. The van der Waals surface area contributed by atoms with E-state index in [9.17, 15) is 0 Å². The summed E-state index contributed by atoms with van der Waals surface area (Å²) < 4.78 is 13.9. The van der Waals surface area contributed by atoms with E-state index in [2.05, 4.69) is 285 Å². The fourth-order valence-corrected chi connectivity index (χ4v) is 17.2. The van der Waals surface area contributed by atoms with Gasteiger partial charge in [-0.1, -0.05) is 172 Å². The van der Waals surface area contributed by atoms with Gasteiger partial charge in [-0.3, -0.25) is 0 Å². The van der Waals surface area contributed by atoms with Gasteiger partial charge in [-0.15, -0.1) is 0 Å². The van der Waals surface area contributed by atoms with Gasteiger partial charge < -0.3 is 19.3 Å². The molecule has 6 aliphatic rings. The van der Waals surface area contributed by atoms with Crippen LogP contribution in [0.25, 0.3) is 22.3 Å². The average Bonchev–Trinajstić information content (AvgIpc) is 1.03. The number of rotatable bonds is 2. The minimum atomic E-state index is -0.706. The van der Waals surface area contributed by atoms with Crippen molar-refractivity contribution < 1.29 is 9.47 Å². The number of nitrogens with zero attached hydrogens (tertiary/aromatic N) is 2. The van der Waals surface area contributed by atoms with E-state index in [4.69, 9.17) is 9.47 Å². The molecule has 0 N–H and O–H groups in total. The van der Waals surface area contributed by atoms with Gasteiger partial charge in [0.25, 0.3) is 0 Å². The van der Waals surface area contributed by atoms with E-state index in [-0.39, 0.29) is 10.8 Å². The largest absolute Gasteiger partial charge is 0.457 e. The fraction of sp³-hybridized carbons (Fsp3) is 0.175. The normalized spacial score (nSPS) is 16.3. The van der Waals surface area contributed by atoms with Gasteiger partial charge in [0, 0.05) is 33.1 Å². The lowest BCUT2D eigenvalue weighted by atomic mass is 9.60. The monoisotopic (exact) mass is 1080 g/mol. The molecule has 0 saturated heterocycles. The van der Waals surface area contributed by atoms with Crippen LogP contribution in [-0.2, 0) is 21.7 Å². The Morgan fingerprint density at radius 2 is 0.524 bits per heavy atom. The summed E-state index contributed by atoms with van der Waals surface area (Å²) in [7, 11) is 0. The maximum atomic E-state index is 6.94. The van der Waals surface area contributed by atoms with Crippen LogP contribution < -0.4 is 19.3 Å². The SMILES string of the molecule is Cc1cc(C)c(N2c3ccccc3C3(c4ccccc4Oc4ccccc43)c3cc4c(cc32)C(C)(C)c2cc3c(cc2-4)C(C)(C)c2cc4c(cc2-3)C2(c3ccccc3Oc3ccccc32)c2ccccc2N4c2c(C)cc(C)cc2C)c(C)c1. The summed E-state index contributed by atoms with van der Waals surface area (Å²) >= 11 is 0. The van der Waals surface area contributed by atoms with Gasteiger partial charge in [0.15, 0.2) is 0 Å². The van der Waals surface area contributed by atoms with E-state index in [0.29, 0.717) is 0 Å². The Morgan fingerprint density at radius 3 is 0.845 bits per heavy atom. The lowest BCUT2D eigenvalue weighted by Crippen LogP contribution is -2.40. The molecule has 4 heteroatoms. The lowest BCUT2D eigenvalue weighted by Gasteiger charge is -2.49. The number of para-hydroxylation sites is 6. The molecule has 0 aromatic heterocycles. The molecule has 0 atom stereocenters. The Morgan fingerprint density at radius 1 is 0.262 bits per heavy atom. The standard InChI is InChI=1S/C80H64N2O2/c1-45-35-47(3)75(48(4)36-45)81-67-29-17-11-23-55(67)79(57-25-13-19-31-71(57)83-72-32-20-14-26-58(72)79)65-41-53-51-39-62-52(40-61(51)77(7,8)63(53)43-69(65)81)54-42-66-70(44-64(54)78(62,9)10)82(76-49(5)37-46(2)38-50(76)6)68-30-18-12-24-56(68)80(66)59-27-15-21-33-73(59)84-74-34-22-16-28-60(74)80/h11-44H,1-10H3. The van der Waals surface area contributed by atoms with E-state index in [1.165, 1.54) is 134 Å². The third-order valence-corrected chi connectivity index (χ3v) is 20.4. The summed E-state index contributed by atoms with van der Waals surface area (Å²) in [5, 5.41) is 0. The number of anilines is 6. The van der Waals surface area contributed by atoms with Crippen LogP contribution >= 0.6 is 0 Å². The zero-order chi connectivity index (χ0) is 57.1. The highest BCUT2D eigenvalue weighted by Crippen LogP contribution is 2.69. The van der Waals surface area contributed by atoms with E-state index in [0.717, 1.165) is 45.3 Å². The van der Waals surface area contributed by atoms with Gasteiger partial charge >= 0.3 is 0 Å². The van der Waals surface area contributed by atoms with Crippen molar-refractivity contribution >= 4 is 34.1 Å². The minimum absolute atomic E-state index is 0.371. The predicted octanol–water partition coefficient (Wildman–Crippen LogP) is 20.7. The Hall–Kier alpha value is -9.38. The molecule has 2 aliphatic carbocycles. The van der Waals surface area contributed by atoms with Gasteiger partial charge in [-0.05, 0) is 203 Å². The summed E-state index contributed by atoms with van der Waals surface area (Å²) in [4.78, 5) is 5.21. The maximum absolute atomic E-state index is 6.94. The third-order valence-electron chi connectivity index (χ3n) is 20.4.